The molecule has 1 atom stereocenters. The molecule has 1 saturated heterocycles. The number of anilines is 2. The second-order valence-electron chi connectivity index (χ2n) is 4.53. The molecule has 1 aliphatic heterocycles. The van der Waals surface area contributed by atoms with Crippen LogP contribution in [-0.4, -0.2) is 31.3 Å². The number of pyridine rings is 1. The van der Waals surface area contributed by atoms with Gasteiger partial charge in [-0.3, -0.25) is 0 Å². The number of hydrogen-bond acceptors (Lipinski definition) is 4. The van der Waals surface area contributed by atoms with E-state index in [1.807, 2.05) is 19.1 Å². The first kappa shape index (κ1) is 12.2. The molecule has 2 rings (SSSR count). The second kappa shape index (κ2) is 5.87. The van der Waals surface area contributed by atoms with E-state index < -0.39 is 0 Å². The van der Waals surface area contributed by atoms with Crippen LogP contribution in [0.25, 0.3) is 0 Å². The number of nitrogens with zero attached hydrogens (tertiary/aromatic N) is 2. The summed E-state index contributed by atoms with van der Waals surface area (Å²) in [5.74, 6) is 1.53. The number of hydrogen-bond donors (Lipinski definition) is 1. The van der Waals surface area contributed by atoms with Crippen LogP contribution in [0, 0.1) is 5.92 Å². The van der Waals surface area contributed by atoms with Crippen molar-refractivity contribution in [1.29, 1.82) is 0 Å². The van der Waals surface area contributed by atoms with Gasteiger partial charge in [-0.25, -0.2) is 4.98 Å². The van der Waals surface area contributed by atoms with Crippen molar-refractivity contribution in [3.63, 3.8) is 0 Å². The molecule has 0 spiro atoms. The Hall–Kier alpha value is -1.29. The third-order valence-corrected chi connectivity index (χ3v) is 3.19. The van der Waals surface area contributed by atoms with Crippen LogP contribution in [0.4, 0.5) is 11.5 Å². The largest absolute Gasteiger partial charge is 0.396 e. The van der Waals surface area contributed by atoms with E-state index >= 15 is 0 Å². The molecule has 4 heteroatoms. The van der Waals surface area contributed by atoms with Crippen LogP contribution in [0.2, 0.25) is 0 Å². The van der Waals surface area contributed by atoms with Gasteiger partial charge in [0.2, 0.25) is 0 Å². The monoisotopic (exact) mass is 235 g/mol. The van der Waals surface area contributed by atoms with Crippen molar-refractivity contribution in [2.45, 2.75) is 19.8 Å². The summed E-state index contributed by atoms with van der Waals surface area (Å²) in [6.07, 6.45) is 4.23. The molecule has 0 saturated carbocycles. The zero-order valence-electron chi connectivity index (χ0n) is 10.4. The summed E-state index contributed by atoms with van der Waals surface area (Å²) in [5.41, 5.74) is 6.73. The lowest BCUT2D eigenvalue weighted by molar-refractivity contribution is 0.104. The van der Waals surface area contributed by atoms with E-state index in [-0.39, 0.29) is 0 Å². The highest BCUT2D eigenvalue weighted by molar-refractivity contribution is 5.62. The smallest absolute Gasteiger partial charge is 0.151 e. The minimum atomic E-state index is 0.602. The number of ether oxygens (including phenoxy) is 1. The van der Waals surface area contributed by atoms with Gasteiger partial charge in [-0.1, -0.05) is 0 Å². The zero-order chi connectivity index (χ0) is 12.1. The van der Waals surface area contributed by atoms with E-state index in [1.54, 1.807) is 6.20 Å². The standard InChI is InChI=1S/C13H21N3O/c1-2-17-10-11-5-4-8-16(9-11)13-12(14)6-3-7-15-13/h3,6-7,11H,2,4-5,8-10,14H2,1H3/t11-/m1/s1. The number of rotatable bonds is 4. The van der Waals surface area contributed by atoms with E-state index in [1.165, 1.54) is 12.8 Å². The molecule has 1 aromatic rings. The van der Waals surface area contributed by atoms with Gasteiger partial charge < -0.3 is 15.4 Å². The van der Waals surface area contributed by atoms with Gasteiger partial charge in [0, 0.05) is 25.9 Å². The first-order valence-corrected chi connectivity index (χ1v) is 6.34. The van der Waals surface area contributed by atoms with E-state index in [4.69, 9.17) is 10.5 Å². The average Bonchev–Trinajstić information content (AvgIpc) is 2.37. The highest BCUT2D eigenvalue weighted by Gasteiger charge is 2.21. The normalized spacial score (nSPS) is 20.5. The molecule has 0 radical (unpaired) electrons. The Kier molecular flexibility index (Phi) is 4.20. The lowest BCUT2D eigenvalue weighted by atomic mass is 9.99. The van der Waals surface area contributed by atoms with Crippen molar-refractivity contribution in [2.24, 2.45) is 5.92 Å². The summed E-state index contributed by atoms with van der Waals surface area (Å²) in [4.78, 5) is 6.66. The van der Waals surface area contributed by atoms with Crippen molar-refractivity contribution in [1.82, 2.24) is 4.98 Å². The number of aromatic nitrogens is 1. The maximum absolute atomic E-state index is 5.96. The summed E-state index contributed by atoms with van der Waals surface area (Å²) in [7, 11) is 0. The Labute approximate surface area is 103 Å². The molecule has 0 aromatic carbocycles. The Morgan fingerprint density at radius 1 is 1.59 bits per heavy atom. The molecule has 0 unspecified atom stereocenters. The van der Waals surface area contributed by atoms with E-state index in [2.05, 4.69) is 9.88 Å². The Bertz CT molecular complexity index is 356. The molecular weight excluding hydrogens is 214 g/mol. The van der Waals surface area contributed by atoms with Gasteiger partial charge in [0.25, 0.3) is 0 Å². The maximum atomic E-state index is 5.96. The average molecular weight is 235 g/mol. The van der Waals surface area contributed by atoms with Crippen LogP contribution in [0.5, 0.6) is 0 Å². The van der Waals surface area contributed by atoms with Crippen LogP contribution in [-0.2, 0) is 4.74 Å². The maximum Gasteiger partial charge on any atom is 0.151 e. The summed E-state index contributed by atoms with van der Waals surface area (Å²) in [5, 5.41) is 0. The molecule has 4 nitrogen and oxygen atoms in total. The molecule has 0 bridgehead atoms. The number of nitrogens with two attached hydrogens (primary N) is 1. The van der Waals surface area contributed by atoms with Gasteiger partial charge in [0.05, 0.1) is 12.3 Å². The number of nitrogen functional groups attached to an aromatic ring is 1. The number of piperidine rings is 1. The molecule has 94 valence electrons. The Morgan fingerprint density at radius 2 is 2.47 bits per heavy atom. The van der Waals surface area contributed by atoms with Crippen molar-refractivity contribution in [2.75, 3.05) is 36.9 Å². The molecular formula is C13H21N3O. The molecule has 0 amide bonds. The highest BCUT2D eigenvalue weighted by Crippen LogP contribution is 2.25. The van der Waals surface area contributed by atoms with Crippen molar-refractivity contribution < 1.29 is 4.74 Å². The first-order chi connectivity index (χ1) is 8.31. The summed E-state index contributed by atoms with van der Waals surface area (Å²) >= 11 is 0. The molecule has 1 fully saturated rings. The van der Waals surface area contributed by atoms with Crippen LogP contribution in [0.15, 0.2) is 18.3 Å². The van der Waals surface area contributed by atoms with E-state index in [0.29, 0.717) is 5.92 Å². The van der Waals surface area contributed by atoms with Crippen LogP contribution in [0.3, 0.4) is 0 Å². The van der Waals surface area contributed by atoms with Gasteiger partial charge in [0.1, 0.15) is 0 Å². The lowest BCUT2D eigenvalue weighted by Crippen LogP contribution is -2.38. The lowest BCUT2D eigenvalue weighted by Gasteiger charge is -2.33. The third-order valence-electron chi connectivity index (χ3n) is 3.19. The fraction of sp³-hybridized carbons (Fsp3) is 0.615. The van der Waals surface area contributed by atoms with Crippen LogP contribution < -0.4 is 10.6 Å². The molecule has 2 heterocycles. The Balaban J connectivity index is 1.99. The molecule has 0 aliphatic carbocycles. The molecule has 2 N–H and O–H groups in total. The fourth-order valence-corrected chi connectivity index (χ4v) is 2.35. The summed E-state index contributed by atoms with van der Waals surface area (Å²) in [6, 6.07) is 3.79. The van der Waals surface area contributed by atoms with Gasteiger partial charge in [-0.05, 0) is 37.8 Å². The van der Waals surface area contributed by atoms with Crippen molar-refractivity contribution in [3.8, 4) is 0 Å². The topological polar surface area (TPSA) is 51.4 Å². The Morgan fingerprint density at radius 3 is 3.24 bits per heavy atom. The third kappa shape index (κ3) is 3.09. The fourth-order valence-electron chi connectivity index (χ4n) is 2.35. The van der Waals surface area contributed by atoms with Gasteiger partial charge in [-0.15, -0.1) is 0 Å². The SMILES string of the molecule is CCOC[C@@H]1CCCN(c2ncccc2N)C1. The summed E-state index contributed by atoms with van der Waals surface area (Å²) < 4.78 is 5.51. The van der Waals surface area contributed by atoms with Crippen molar-refractivity contribution in [3.05, 3.63) is 18.3 Å². The predicted molar refractivity (Wildman–Crippen MR) is 70.1 cm³/mol. The minimum Gasteiger partial charge on any atom is -0.396 e. The minimum absolute atomic E-state index is 0.602. The van der Waals surface area contributed by atoms with Crippen LogP contribution >= 0.6 is 0 Å². The van der Waals surface area contributed by atoms with Gasteiger partial charge in [-0.2, -0.15) is 0 Å². The second-order valence-corrected chi connectivity index (χ2v) is 4.53. The van der Waals surface area contributed by atoms with Gasteiger partial charge >= 0.3 is 0 Å². The molecule has 1 aliphatic rings. The van der Waals surface area contributed by atoms with Crippen molar-refractivity contribution >= 4 is 11.5 Å². The molecule has 17 heavy (non-hydrogen) atoms. The van der Waals surface area contributed by atoms with Crippen LogP contribution in [0.1, 0.15) is 19.8 Å². The van der Waals surface area contributed by atoms with E-state index in [0.717, 1.165) is 37.8 Å². The first-order valence-electron chi connectivity index (χ1n) is 6.34. The summed E-state index contributed by atoms with van der Waals surface area (Å²) in [6.45, 7) is 5.73. The van der Waals surface area contributed by atoms with Gasteiger partial charge in [0.15, 0.2) is 5.82 Å². The highest BCUT2D eigenvalue weighted by atomic mass is 16.5. The predicted octanol–water partition coefficient (Wildman–Crippen LogP) is 1.92. The molecule has 1 aromatic heterocycles. The quantitative estimate of drug-likeness (QED) is 0.866. The van der Waals surface area contributed by atoms with E-state index in [9.17, 15) is 0 Å². The zero-order valence-corrected chi connectivity index (χ0v) is 10.4.